The molecule has 0 fully saturated rings. The molecule has 3 heterocycles. The second-order valence-electron chi connectivity index (χ2n) is 6.02. The second kappa shape index (κ2) is 11.1. The molecule has 10 heteroatoms. The molecule has 1 N–H and O–H groups in total. The van der Waals surface area contributed by atoms with Crippen molar-refractivity contribution in [2.24, 2.45) is 7.05 Å². The highest BCUT2D eigenvalue weighted by molar-refractivity contribution is 6.38. The van der Waals surface area contributed by atoms with Crippen LogP contribution in [0.15, 0.2) is 54.9 Å². The Bertz CT molecular complexity index is 1060. The van der Waals surface area contributed by atoms with Gasteiger partial charge in [-0.2, -0.15) is 5.10 Å². The number of carbonyl (C=O) groups excluding carboxylic acids is 3. The molecule has 10 nitrogen and oxygen atoms in total. The van der Waals surface area contributed by atoms with E-state index in [1.54, 1.807) is 38.4 Å². The summed E-state index contributed by atoms with van der Waals surface area (Å²) in [7, 11) is 1.69. The van der Waals surface area contributed by atoms with E-state index in [-0.39, 0.29) is 18.0 Å². The lowest BCUT2D eigenvalue weighted by atomic mass is 10.1. The van der Waals surface area contributed by atoms with Crippen LogP contribution in [-0.4, -0.2) is 55.0 Å². The quantitative estimate of drug-likeness (QED) is 0.261. The first-order valence-electron chi connectivity index (χ1n) is 9.16. The van der Waals surface area contributed by atoms with E-state index >= 15 is 0 Å². The summed E-state index contributed by atoms with van der Waals surface area (Å²) in [6.07, 6.45) is 2.60. The number of nitrogens with zero attached hydrogens (tertiary/aromatic N) is 4. The van der Waals surface area contributed by atoms with Crippen molar-refractivity contribution in [2.45, 2.75) is 13.3 Å². The summed E-state index contributed by atoms with van der Waals surface area (Å²) in [6.45, 7) is 1.70. The summed E-state index contributed by atoms with van der Waals surface area (Å²) in [5.41, 5.74) is 1.59. The number of carbonyl (C=O) groups is 4. The number of aromatic carboxylic acids is 1. The number of aryl methyl sites for hydroxylation is 1. The fraction of sp³-hybridized carbons (Fsp3) is 0.190. The number of rotatable bonds is 7. The minimum absolute atomic E-state index is 0.0261. The third-order valence-corrected chi connectivity index (χ3v) is 3.80. The van der Waals surface area contributed by atoms with E-state index in [4.69, 9.17) is 5.11 Å². The zero-order chi connectivity index (χ0) is 22.8. The fourth-order valence-electron chi connectivity index (χ4n) is 2.37. The smallest absolute Gasteiger partial charge is 0.375 e. The van der Waals surface area contributed by atoms with Crippen LogP contribution in [0.5, 0.6) is 0 Å². The van der Waals surface area contributed by atoms with Crippen molar-refractivity contribution in [3.8, 4) is 11.4 Å². The van der Waals surface area contributed by atoms with E-state index in [0.29, 0.717) is 11.4 Å². The topological polar surface area (TPSA) is 141 Å². The highest BCUT2D eigenvalue weighted by Crippen LogP contribution is 2.16. The van der Waals surface area contributed by atoms with E-state index < -0.39 is 29.9 Å². The zero-order valence-electron chi connectivity index (χ0n) is 16.9. The monoisotopic (exact) mass is 424 g/mol. The van der Waals surface area contributed by atoms with Crippen molar-refractivity contribution in [1.29, 1.82) is 0 Å². The number of aromatic nitrogens is 4. The van der Waals surface area contributed by atoms with Crippen LogP contribution in [0.2, 0.25) is 0 Å². The molecular formula is C21H20N4O6. The zero-order valence-corrected chi connectivity index (χ0v) is 16.9. The molecule has 0 aliphatic heterocycles. The Kier molecular flexibility index (Phi) is 8.26. The molecule has 0 amide bonds. The van der Waals surface area contributed by atoms with Gasteiger partial charge in [0.2, 0.25) is 5.78 Å². The molecule has 3 aromatic heterocycles. The molecule has 0 saturated carbocycles. The number of carboxylic acid groups (broad SMARTS) is 1. The molecule has 0 aromatic carbocycles. The van der Waals surface area contributed by atoms with E-state index in [9.17, 15) is 19.2 Å². The van der Waals surface area contributed by atoms with Gasteiger partial charge in [0.1, 0.15) is 5.69 Å². The van der Waals surface area contributed by atoms with Gasteiger partial charge in [0.15, 0.2) is 11.5 Å². The first kappa shape index (κ1) is 23.1. The standard InChI is InChI=1S/C11H11NO4.C10H9N3O2/c1-2-16-11(15)10(14)7-9(13)8-5-3-4-6-12-8;1-13-9(6-8(12-13)10(14)15)7-4-2-3-5-11-7/h3-6H,2,7H2,1H3;2-6H,1H3,(H,14,15). The van der Waals surface area contributed by atoms with Gasteiger partial charge >= 0.3 is 11.9 Å². The number of carboxylic acids is 1. The fourth-order valence-corrected chi connectivity index (χ4v) is 2.37. The predicted molar refractivity (Wildman–Crippen MR) is 108 cm³/mol. The molecule has 0 radical (unpaired) electrons. The molecule has 0 saturated heterocycles. The van der Waals surface area contributed by atoms with Crippen LogP contribution in [0.3, 0.4) is 0 Å². The van der Waals surface area contributed by atoms with E-state index in [2.05, 4.69) is 19.8 Å². The van der Waals surface area contributed by atoms with Gasteiger partial charge in [-0.25, -0.2) is 9.59 Å². The van der Waals surface area contributed by atoms with Crippen LogP contribution in [0, 0.1) is 0 Å². The molecule has 0 aliphatic rings. The molecule has 0 bridgehead atoms. The van der Waals surface area contributed by atoms with Crippen molar-refractivity contribution in [1.82, 2.24) is 19.7 Å². The van der Waals surface area contributed by atoms with Crippen LogP contribution in [0.4, 0.5) is 0 Å². The summed E-state index contributed by atoms with van der Waals surface area (Å²) >= 11 is 0. The van der Waals surface area contributed by atoms with Gasteiger partial charge in [0.05, 0.1) is 24.4 Å². The van der Waals surface area contributed by atoms with Crippen LogP contribution < -0.4 is 0 Å². The lowest BCUT2D eigenvalue weighted by Gasteiger charge is -2.00. The Labute approximate surface area is 177 Å². The summed E-state index contributed by atoms with van der Waals surface area (Å²) in [5, 5.41) is 12.6. The average Bonchev–Trinajstić information content (AvgIpc) is 3.17. The van der Waals surface area contributed by atoms with Gasteiger partial charge in [-0.05, 0) is 31.2 Å². The van der Waals surface area contributed by atoms with Gasteiger partial charge in [0, 0.05) is 25.5 Å². The highest BCUT2D eigenvalue weighted by Gasteiger charge is 2.20. The predicted octanol–water partition coefficient (Wildman–Crippen LogP) is 1.97. The van der Waals surface area contributed by atoms with Crippen LogP contribution in [-0.2, 0) is 21.4 Å². The number of hydrogen-bond acceptors (Lipinski definition) is 8. The average molecular weight is 424 g/mol. The molecule has 0 aliphatic carbocycles. The van der Waals surface area contributed by atoms with E-state index in [1.165, 1.54) is 23.0 Å². The number of pyridine rings is 2. The van der Waals surface area contributed by atoms with Crippen LogP contribution in [0.25, 0.3) is 11.4 Å². The highest BCUT2D eigenvalue weighted by atomic mass is 16.5. The van der Waals surface area contributed by atoms with Gasteiger partial charge < -0.3 is 9.84 Å². The maximum Gasteiger partial charge on any atom is 0.375 e. The number of Topliss-reactive ketones (excluding diaryl/α,β-unsaturated/α-hetero) is 2. The summed E-state index contributed by atoms with van der Waals surface area (Å²) in [4.78, 5) is 52.2. The third kappa shape index (κ3) is 6.67. The van der Waals surface area contributed by atoms with Crippen molar-refractivity contribution in [3.63, 3.8) is 0 Å². The largest absolute Gasteiger partial charge is 0.476 e. The van der Waals surface area contributed by atoms with E-state index in [0.717, 1.165) is 0 Å². The van der Waals surface area contributed by atoms with Gasteiger partial charge in [-0.1, -0.05) is 12.1 Å². The maximum atomic E-state index is 11.5. The van der Waals surface area contributed by atoms with Crippen molar-refractivity contribution in [2.75, 3.05) is 6.61 Å². The molecular weight excluding hydrogens is 404 g/mol. The normalized spacial score (nSPS) is 9.87. The lowest BCUT2D eigenvalue weighted by molar-refractivity contribution is -0.153. The van der Waals surface area contributed by atoms with Crippen molar-refractivity contribution >= 4 is 23.5 Å². The minimum atomic E-state index is -1.03. The van der Waals surface area contributed by atoms with E-state index in [1.807, 2.05) is 12.1 Å². The molecule has 0 unspecified atom stereocenters. The number of ether oxygens (including phenoxy) is 1. The Morgan fingerprint density at radius 1 is 1.00 bits per heavy atom. The van der Waals surface area contributed by atoms with Crippen LogP contribution in [0.1, 0.15) is 34.3 Å². The van der Waals surface area contributed by atoms with Crippen molar-refractivity contribution in [3.05, 3.63) is 66.2 Å². The second-order valence-corrected chi connectivity index (χ2v) is 6.02. The summed E-state index contributed by atoms with van der Waals surface area (Å²) < 4.78 is 5.99. The molecule has 31 heavy (non-hydrogen) atoms. The Morgan fingerprint density at radius 3 is 2.19 bits per heavy atom. The van der Waals surface area contributed by atoms with Gasteiger partial charge in [-0.3, -0.25) is 24.2 Å². The van der Waals surface area contributed by atoms with Crippen molar-refractivity contribution < 1.29 is 29.0 Å². The Hall–Kier alpha value is -4.21. The minimum Gasteiger partial charge on any atom is -0.476 e. The Balaban J connectivity index is 0.000000220. The molecule has 160 valence electrons. The van der Waals surface area contributed by atoms with Crippen LogP contribution >= 0.6 is 0 Å². The summed E-state index contributed by atoms with van der Waals surface area (Å²) in [5.74, 6) is -3.35. The molecule has 3 aromatic rings. The summed E-state index contributed by atoms with van der Waals surface area (Å²) in [6, 6.07) is 11.7. The van der Waals surface area contributed by atoms with Gasteiger partial charge in [-0.15, -0.1) is 0 Å². The number of ketones is 2. The molecule has 0 spiro atoms. The first-order chi connectivity index (χ1) is 14.8. The number of esters is 1. The number of hydrogen-bond donors (Lipinski definition) is 1. The molecule has 0 atom stereocenters. The SMILES string of the molecule is CCOC(=O)C(=O)CC(=O)c1ccccn1.Cn1nc(C(=O)O)cc1-c1ccccn1. The molecule has 3 rings (SSSR count). The lowest BCUT2D eigenvalue weighted by Crippen LogP contribution is -2.21. The maximum absolute atomic E-state index is 11.5. The first-order valence-corrected chi connectivity index (χ1v) is 9.16. The Morgan fingerprint density at radius 2 is 1.68 bits per heavy atom. The van der Waals surface area contributed by atoms with Gasteiger partial charge in [0.25, 0.3) is 0 Å². The third-order valence-electron chi connectivity index (χ3n) is 3.80.